The number of hydrogen-bond donors (Lipinski definition) is 1. The summed E-state index contributed by atoms with van der Waals surface area (Å²) in [5.41, 5.74) is 2.26. The second-order valence-corrected chi connectivity index (χ2v) is 4.59. The molecule has 0 aromatic heterocycles. The lowest BCUT2D eigenvalue weighted by Crippen LogP contribution is -2.13. The predicted octanol–water partition coefficient (Wildman–Crippen LogP) is 3.10. The smallest absolute Gasteiger partial charge is 0.227 e. The van der Waals surface area contributed by atoms with Gasteiger partial charge >= 0.3 is 0 Å². The highest BCUT2D eigenvalue weighted by atomic mass is 15.1. The molecule has 0 saturated heterocycles. The molecule has 0 aliphatic carbocycles. The van der Waals surface area contributed by atoms with Crippen molar-refractivity contribution in [1.29, 1.82) is 5.41 Å². The molecule has 90 valence electrons. The molecule has 2 aromatic carbocycles. The Morgan fingerprint density at radius 1 is 0.895 bits per heavy atom. The third-order valence-corrected chi connectivity index (χ3v) is 3.49. The van der Waals surface area contributed by atoms with Crippen molar-refractivity contribution in [2.45, 2.75) is 0 Å². The molecular weight excluding hydrogens is 234 g/mol. The van der Waals surface area contributed by atoms with Crippen LogP contribution in [0.25, 0.3) is 27.4 Å². The summed E-state index contributed by atoms with van der Waals surface area (Å²) in [7, 11) is 0. The third-order valence-electron chi connectivity index (χ3n) is 3.49. The molecule has 19 heavy (non-hydrogen) atoms. The first-order chi connectivity index (χ1) is 9.34. The Labute approximate surface area is 109 Å². The van der Waals surface area contributed by atoms with E-state index in [-0.39, 0.29) is 5.62 Å². The van der Waals surface area contributed by atoms with Gasteiger partial charge in [0.2, 0.25) is 5.62 Å². The normalized spacial score (nSPS) is 11.4. The lowest BCUT2D eigenvalue weighted by Gasteiger charge is -2.02. The van der Waals surface area contributed by atoms with Crippen molar-refractivity contribution in [2.75, 3.05) is 0 Å². The summed E-state index contributed by atoms with van der Waals surface area (Å²) >= 11 is 0. The maximum absolute atomic E-state index is 8.04. The number of fused-ring (bicyclic) bond motifs is 5. The Hall–Kier alpha value is -2.68. The molecule has 3 heteroatoms. The number of hydrogen-bond acceptors (Lipinski definition) is 2. The molecule has 2 heterocycles. The summed E-state index contributed by atoms with van der Waals surface area (Å²) in [6.45, 7) is 0. The van der Waals surface area contributed by atoms with E-state index in [0.717, 1.165) is 27.4 Å². The summed E-state index contributed by atoms with van der Waals surface area (Å²) in [4.78, 5) is 4.15. The van der Waals surface area contributed by atoms with Gasteiger partial charge in [-0.2, -0.15) is 0 Å². The summed E-state index contributed by atoms with van der Waals surface area (Å²) in [5.74, 6) is 0. The fourth-order valence-corrected chi connectivity index (χ4v) is 2.62. The van der Waals surface area contributed by atoms with E-state index in [1.54, 1.807) is 6.20 Å². The van der Waals surface area contributed by atoms with Gasteiger partial charge in [0.15, 0.2) is 0 Å². The van der Waals surface area contributed by atoms with E-state index in [1.165, 1.54) is 0 Å². The van der Waals surface area contributed by atoms with E-state index in [0.29, 0.717) is 0 Å². The molecule has 0 fully saturated rings. The SMILES string of the molecule is N=c1ncc2c3ccccc3cc3ccccc3n1-2. The second kappa shape index (κ2) is 3.65. The zero-order chi connectivity index (χ0) is 12.8. The van der Waals surface area contributed by atoms with Gasteiger partial charge in [-0.25, -0.2) is 4.98 Å². The van der Waals surface area contributed by atoms with E-state index in [4.69, 9.17) is 5.41 Å². The van der Waals surface area contributed by atoms with Crippen molar-refractivity contribution in [1.82, 2.24) is 9.55 Å². The monoisotopic (exact) mass is 245 g/mol. The molecule has 0 atom stereocenters. The van der Waals surface area contributed by atoms with Gasteiger partial charge in [-0.3, -0.25) is 9.98 Å². The van der Waals surface area contributed by atoms with Crippen LogP contribution >= 0.6 is 0 Å². The first-order valence-corrected chi connectivity index (χ1v) is 6.17. The van der Waals surface area contributed by atoms with Gasteiger partial charge in [0.25, 0.3) is 0 Å². The quantitative estimate of drug-likeness (QED) is 0.508. The van der Waals surface area contributed by atoms with Crippen LogP contribution in [0.1, 0.15) is 0 Å². The van der Waals surface area contributed by atoms with Crippen molar-refractivity contribution < 1.29 is 0 Å². The molecule has 0 bridgehead atoms. The van der Waals surface area contributed by atoms with Crippen molar-refractivity contribution >= 4 is 21.7 Å². The first-order valence-electron chi connectivity index (χ1n) is 6.17. The Morgan fingerprint density at radius 3 is 2.53 bits per heavy atom. The fourth-order valence-electron chi connectivity index (χ4n) is 2.62. The molecule has 4 rings (SSSR count). The Balaban J connectivity index is 2.41. The summed E-state index contributed by atoms with van der Waals surface area (Å²) in [6, 6.07) is 18.5. The molecule has 0 amide bonds. The molecule has 0 radical (unpaired) electrons. The van der Waals surface area contributed by atoms with Crippen LogP contribution in [0.4, 0.5) is 0 Å². The molecular formula is C16H11N3. The van der Waals surface area contributed by atoms with E-state index >= 15 is 0 Å². The Bertz CT molecular complexity index is 937. The number of aromatic nitrogens is 2. The van der Waals surface area contributed by atoms with E-state index in [9.17, 15) is 0 Å². The number of nitrogens with one attached hydrogen (secondary N) is 1. The number of rotatable bonds is 0. The van der Waals surface area contributed by atoms with Gasteiger partial charge in [-0.1, -0.05) is 42.5 Å². The average molecular weight is 245 g/mol. The molecule has 2 aliphatic rings. The first kappa shape index (κ1) is 10.3. The van der Waals surface area contributed by atoms with Gasteiger partial charge in [-0.15, -0.1) is 0 Å². The van der Waals surface area contributed by atoms with Gasteiger partial charge in [0.1, 0.15) is 0 Å². The average Bonchev–Trinajstić information content (AvgIpc) is 2.75. The van der Waals surface area contributed by atoms with Crippen LogP contribution in [0.5, 0.6) is 0 Å². The Morgan fingerprint density at radius 2 is 1.63 bits per heavy atom. The molecule has 3 nitrogen and oxygen atoms in total. The lowest BCUT2D eigenvalue weighted by molar-refractivity contribution is 0.949. The molecule has 2 aliphatic heterocycles. The summed E-state index contributed by atoms with van der Waals surface area (Å²) < 4.78 is 1.90. The van der Waals surface area contributed by atoms with Gasteiger partial charge in [-0.05, 0) is 22.9 Å². The minimum Gasteiger partial charge on any atom is -0.277 e. The van der Waals surface area contributed by atoms with Crippen molar-refractivity contribution in [3.63, 3.8) is 0 Å². The van der Waals surface area contributed by atoms with Crippen molar-refractivity contribution in [3.05, 3.63) is 66.4 Å². The van der Waals surface area contributed by atoms with Crippen LogP contribution in [-0.4, -0.2) is 9.55 Å². The van der Waals surface area contributed by atoms with E-state index in [1.807, 2.05) is 34.9 Å². The number of benzene rings is 2. The zero-order valence-corrected chi connectivity index (χ0v) is 10.2. The maximum atomic E-state index is 8.04. The zero-order valence-electron chi connectivity index (χ0n) is 10.2. The fraction of sp³-hybridized carbons (Fsp3) is 0. The molecule has 0 saturated carbocycles. The number of imidazole rings is 1. The Kier molecular flexibility index (Phi) is 1.97. The predicted molar refractivity (Wildman–Crippen MR) is 75.6 cm³/mol. The standard InChI is InChI=1S/C16H11N3/c17-16-18-10-15-13-7-3-1-5-11(13)9-12-6-2-4-8-14(12)19(15)16/h1-10,17H. The van der Waals surface area contributed by atoms with Crippen LogP contribution in [0.3, 0.4) is 0 Å². The largest absolute Gasteiger partial charge is 0.277 e. The minimum absolute atomic E-state index is 0.271. The van der Waals surface area contributed by atoms with E-state index in [2.05, 4.69) is 29.2 Å². The lowest BCUT2D eigenvalue weighted by atomic mass is 10.1. The van der Waals surface area contributed by atoms with Gasteiger partial charge < -0.3 is 0 Å². The van der Waals surface area contributed by atoms with Crippen molar-refractivity contribution in [3.8, 4) is 5.69 Å². The molecule has 1 N–H and O–H groups in total. The van der Waals surface area contributed by atoms with Gasteiger partial charge in [0, 0.05) is 5.39 Å². The van der Waals surface area contributed by atoms with Crippen LogP contribution < -0.4 is 5.62 Å². The highest BCUT2D eigenvalue weighted by Gasteiger charge is 2.10. The van der Waals surface area contributed by atoms with Crippen LogP contribution in [0.2, 0.25) is 0 Å². The van der Waals surface area contributed by atoms with Crippen LogP contribution in [0, 0.1) is 5.41 Å². The van der Waals surface area contributed by atoms with E-state index < -0.39 is 0 Å². The highest BCUT2D eigenvalue weighted by molar-refractivity contribution is 5.97. The number of nitrogens with zero attached hydrogens (tertiary/aromatic N) is 2. The summed E-state index contributed by atoms with van der Waals surface area (Å²) in [5, 5.41) is 11.4. The molecule has 2 aromatic rings. The maximum Gasteiger partial charge on any atom is 0.227 e. The topological polar surface area (TPSA) is 41.7 Å². The second-order valence-electron chi connectivity index (χ2n) is 4.59. The van der Waals surface area contributed by atoms with Crippen LogP contribution in [0.15, 0.2) is 60.8 Å². The van der Waals surface area contributed by atoms with Gasteiger partial charge in [0.05, 0.1) is 17.4 Å². The highest BCUT2D eigenvalue weighted by Crippen LogP contribution is 2.26. The minimum atomic E-state index is 0.271. The van der Waals surface area contributed by atoms with Crippen LogP contribution in [-0.2, 0) is 0 Å². The van der Waals surface area contributed by atoms with Crippen molar-refractivity contribution in [2.24, 2.45) is 0 Å². The third kappa shape index (κ3) is 1.38. The number of para-hydroxylation sites is 1. The summed E-state index contributed by atoms with van der Waals surface area (Å²) in [6.07, 6.45) is 1.77. The molecule has 0 spiro atoms. The molecule has 0 unspecified atom stereocenters.